The molecule has 0 aromatic carbocycles. The van der Waals surface area contributed by atoms with Gasteiger partial charge in [0.2, 0.25) is 0 Å². The molecule has 1 fully saturated rings. The fourth-order valence-corrected chi connectivity index (χ4v) is 1.98. The highest BCUT2D eigenvalue weighted by Crippen LogP contribution is 2.27. The van der Waals surface area contributed by atoms with Gasteiger partial charge in [-0.1, -0.05) is 13.8 Å². The van der Waals surface area contributed by atoms with Gasteiger partial charge in [0.25, 0.3) is 0 Å². The molecule has 1 aliphatic rings. The number of aromatic nitrogens is 2. The van der Waals surface area contributed by atoms with Crippen molar-refractivity contribution < 1.29 is 0 Å². The number of aryl methyl sites for hydroxylation is 1. The number of hydrogen-bond acceptors (Lipinski definition) is 4. The molecule has 0 spiro atoms. The Morgan fingerprint density at radius 1 is 1.56 bits per heavy atom. The third-order valence-corrected chi connectivity index (χ3v) is 3.47. The molecule has 5 heteroatoms. The first kappa shape index (κ1) is 12.7. The first-order valence-electron chi connectivity index (χ1n) is 6.64. The highest BCUT2D eigenvalue weighted by molar-refractivity contribution is 5.64. The van der Waals surface area contributed by atoms with Crippen LogP contribution in [0.25, 0.3) is 0 Å². The Morgan fingerprint density at radius 2 is 2.28 bits per heavy atom. The second kappa shape index (κ2) is 5.30. The van der Waals surface area contributed by atoms with Gasteiger partial charge in [-0.15, -0.1) is 0 Å². The lowest BCUT2D eigenvalue weighted by molar-refractivity contribution is 0.442. The van der Waals surface area contributed by atoms with Crippen LogP contribution < -0.4 is 11.1 Å². The number of nitriles is 1. The van der Waals surface area contributed by atoms with Gasteiger partial charge in [-0.3, -0.25) is 0 Å². The molecule has 5 nitrogen and oxygen atoms in total. The fraction of sp³-hybridized carbons (Fsp3) is 0.692. The summed E-state index contributed by atoms with van der Waals surface area (Å²) in [6.07, 6.45) is 4.58. The van der Waals surface area contributed by atoms with Gasteiger partial charge in [0, 0.05) is 12.6 Å². The maximum atomic E-state index is 9.17. The van der Waals surface area contributed by atoms with E-state index in [1.165, 1.54) is 6.42 Å². The molecule has 1 aromatic heterocycles. The molecule has 0 radical (unpaired) electrons. The fourth-order valence-electron chi connectivity index (χ4n) is 1.98. The average Bonchev–Trinajstić information content (AvgIpc) is 2.57. The minimum atomic E-state index is 0.463. The van der Waals surface area contributed by atoms with E-state index in [0.29, 0.717) is 29.2 Å². The molecule has 18 heavy (non-hydrogen) atoms. The van der Waals surface area contributed by atoms with E-state index in [2.05, 4.69) is 30.3 Å². The van der Waals surface area contributed by atoms with Crippen molar-refractivity contribution in [2.45, 2.75) is 52.1 Å². The smallest absolute Gasteiger partial charge is 0.168 e. The zero-order valence-corrected chi connectivity index (χ0v) is 11.1. The van der Waals surface area contributed by atoms with Crippen LogP contribution in [-0.2, 0) is 6.54 Å². The van der Waals surface area contributed by atoms with Gasteiger partial charge in [0.15, 0.2) is 5.82 Å². The highest BCUT2D eigenvalue weighted by Gasteiger charge is 2.22. The van der Waals surface area contributed by atoms with Gasteiger partial charge in [-0.2, -0.15) is 10.4 Å². The van der Waals surface area contributed by atoms with E-state index in [-0.39, 0.29) is 0 Å². The van der Waals surface area contributed by atoms with E-state index in [1.807, 2.05) is 0 Å². The molecule has 1 aromatic rings. The molecule has 0 saturated heterocycles. The molecule has 2 rings (SSSR count). The Labute approximate surface area is 108 Å². The van der Waals surface area contributed by atoms with Crippen molar-refractivity contribution in [2.75, 3.05) is 11.1 Å². The Hall–Kier alpha value is -1.70. The normalized spacial score (nSPS) is 15.4. The molecule has 0 bridgehead atoms. The SMILES string of the molecule is CC(C)CCn1nc(NC2CCC2)c(C#N)c1N. The number of nitrogens with two attached hydrogens (primary N) is 1. The lowest BCUT2D eigenvalue weighted by Gasteiger charge is -2.26. The second-order valence-electron chi connectivity index (χ2n) is 5.40. The standard InChI is InChI=1S/C13H21N5/c1-9(2)6-7-18-12(15)11(8-14)13(17-18)16-10-4-3-5-10/h9-10H,3-7,15H2,1-2H3,(H,16,17). The maximum Gasteiger partial charge on any atom is 0.168 e. The van der Waals surface area contributed by atoms with Gasteiger partial charge in [-0.25, -0.2) is 4.68 Å². The van der Waals surface area contributed by atoms with E-state index in [0.717, 1.165) is 25.8 Å². The minimum Gasteiger partial charge on any atom is -0.383 e. The number of anilines is 2. The largest absolute Gasteiger partial charge is 0.383 e. The quantitative estimate of drug-likeness (QED) is 0.837. The van der Waals surface area contributed by atoms with Crippen LogP contribution in [-0.4, -0.2) is 15.8 Å². The summed E-state index contributed by atoms with van der Waals surface area (Å²) in [4.78, 5) is 0. The Bertz CT molecular complexity index is 451. The summed E-state index contributed by atoms with van der Waals surface area (Å²) in [5.41, 5.74) is 6.47. The minimum absolute atomic E-state index is 0.463. The van der Waals surface area contributed by atoms with Gasteiger partial charge >= 0.3 is 0 Å². The number of nitrogens with one attached hydrogen (secondary N) is 1. The van der Waals surface area contributed by atoms with Crippen molar-refractivity contribution in [3.8, 4) is 6.07 Å². The van der Waals surface area contributed by atoms with E-state index in [4.69, 9.17) is 5.73 Å². The van der Waals surface area contributed by atoms with Crippen molar-refractivity contribution in [3.05, 3.63) is 5.56 Å². The van der Waals surface area contributed by atoms with Crippen molar-refractivity contribution in [1.82, 2.24) is 9.78 Å². The van der Waals surface area contributed by atoms with Gasteiger partial charge in [0.05, 0.1) is 0 Å². The molecule has 0 aliphatic heterocycles. The summed E-state index contributed by atoms with van der Waals surface area (Å²) in [6, 6.07) is 2.62. The van der Waals surface area contributed by atoms with Crippen LogP contribution in [0, 0.1) is 17.2 Å². The number of nitrogens with zero attached hydrogens (tertiary/aromatic N) is 3. The summed E-state index contributed by atoms with van der Waals surface area (Å²) in [7, 11) is 0. The lowest BCUT2D eigenvalue weighted by atomic mass is 9.93. The molecule has 3 N–H and O–H groups in total. The molecule has 0 atom stereocenters. The zero-order chi connectivity index (χ0) is 13.1. The summed E-state index contributed by atoms with van der Waals surface area (Å²) in [5, 5.41) is 16.9. The molecular formula is C13H21N5. The van der Waals surface area contributed by atoms with Gasteiger partial charge in [-0.05, 0) is 31.6 Å². The maximum absolute atomic E-state index is 9.17. The number of nitrogen functional groups attached to an aromatic ring is 1. The molecule has 98 valence electrons. The van der Waals surface area contributed by atoms with Crippen molar-refractivity contribution in [1.29, 1.82) is 5.26 Å². The number of hydrogen-bond donors (Lipinski definition) is 2. The second-order valence-corrected chi connectivity index (χ2v) is 5.40. The molecule has 1 saturated carbocycles. The van der Waals surface area contributed by atoms with Crippen molar-refractivity contribution >= 4 is 11.6 Å². The summed E-state index contributed by atoms with van der Waals surface area (Å²) in [6.45, 7) is 5.10. The third kappa shape index (κ3) is 2.58. The van der Waals surface area contributed by atoms with Crippen LogP contribution >= 0.6 is 0 Å². The van der Waals surface area contributed by atoms with Crippen molar-refractivity contribution in [3.63, 3.8) is 0 Å². The van der Waals surface area contributed by atoms with Gasteiger partial charge in [0.1, 0.15) is 17.5 Å². The first-order valence-corrected chi connectivity index (χ1v) is 6.64. The van der Waals surface area contributed by atoms with Crippen LogP contribution in [0.15, 0.2) is 0 Å². The summed E-state index contributed by atoms with van der Waals surface area (Å²) < 4.78 is 1.75. The Kier molecular flexibility index (Phi) is 3.75. The van der Waals surface area contributed by atoms with Crippen LogP contribution in [0.2, 0.25) is 0 Å². The summed E-state index contributed by atoms with van der Waals surface area (Å²) >= 11 is 0. The van der Waals surface area contributed by atoms with Crippen LogP contribution in [0.4, 0.5) is 11.6 Å². The zero-order valence-electron chi connectivity index (χ0n) is 11.1. The predicted molar refractivity (Wildman–Crippen MR) is 72.1 cm³/mol. The van der Waals surface area contributed by atoms with Crippen LogP contribution in [0.5, 0.6) is 0 Å². The molecule has 0 amide bonds. The summed E-state index contributed by atoms with van der Waals surface area (Å²) in [5.74, 6) is 1.74. The Morgan fingerprint density at radius 3 is 2.78 bits per heavy atom. The molecular weight excluding hydrogens is 226 g/mol. The molecule has 1 heterocycles. The van der Waals surface area contributed by atoms with Crippen LogP contribution in [0.3, 0.4) is 0 Å². The third-order valence-electron chi connectivity index (χ3n) is 3.47. The molecule has 1 aliphatic carbocycles. The first-order chi connectivity index (χ1) is 8.61. The molecule has 0 unspecified atom stereocenters. The lowest BCUT2D eigenvalue weighted by Crippen LogP contribution is -2.27. The van der Waals surface area contributed by atoms with E-state index in [1.54, 1.807) is 4.68 Å². The van der Waals surface area contributed by atoms with Gasteiger partial charge < -0.3 is 11.1 Å². The van der Waals surface area contributed by atoms with Crippen LogP contribution in [0.1, 0.15) is 45.1 Å². The topological polar surface area (TPSA) is 79.7 Å². The van der Waals surface area contributed by atoms with Crippen molar-refractivity contribution in [2.24, 2.45) is 5.92 Å². The highest BCUT2D eigenvalue weighted by atomic mass is 15.3. The van der Waals surface area contributed by atoms with E-state index in [9.17, 15) is 5.26 Å². The Balaban J connectivity index is 2.13. The average molecular weight is 247 g/mol. The number of rotatable bonds is 5. The van der Waals surface area contributed by atoms with E-state index < -0.39 is 0 Å². The monoisotopic (exact) mass is 247 g/mol. The predicted octanol–water partition coefficient (Wildman–Crippen LogP) is 2.35. The van der Waals surface area contributed by atoms with E-state index >= 15 is 0 Å².